The molecule has 5 nitrogen and oxygen atoms in total. The van der Waals surface area contributed by atoms with E-state index in [1.807, 2.05) is 28.8 Å². The van der Waals surface area contributed by atoms with Crippen LogP contribution in [0, 0.1) is 0 Å². The molecule has 0 saturated carbocycles. The minimum absolute atomic E-state index is 0.152. The molecule has 5 heteroatoms. The molecule has 2 rings (SSSR count). The number of hydrogen-bond acceptors (Lipinski definition) is 3. The number of unbranched alkanes of at least 4 members (excludes halogenated alkanes) is 1. The Kier molecular flexibility index (Phi) is 4.61. The van der Waals surface area contributed by atoms with Crippen molar-refractivity contribution >= 4 is 23.0 Å². The van der Waals surface area contributed by atoms with Gasteiger partial charge in [-0.15, -0.1) is 0 Å². The Morgan fingerprint density at radius 2 is 2.10 bits per heavy atom. The Hall–Kier alpha value is -2.04. The standard InChI is InChI=1S/C15H21N3O2/c1-3-5-10-17-12-8-6-7-9-13(12)18(15(17)16)11-14(19)20-4-2/h6-9,16H,3-5,10-11H2,1-2H3/p+1. The van der Waals surface area contributed by atoms with Crippen molar-refractivity contribution in [2.24, 2.45) is 0 Å². The molecule has 0 unspecified atom stereocenters. The van der Waals surface area contributed by atoms with Gasteiger partial charge >= 0.3 is 11.9 Å². The summed E-state index contributed by atoms with van der Waals surface area (Å²) < 4.78 is 8.91. The van der Waals surface area contributed by atoms with Crippen molar-refractivity contribution in [1.29, 1.82) is 0 Å². The number of hydrogen-bond donors (Lipinski definition) is 1. The Morgan fingerprint density at radius 3 is 2.80 bits per heavy atom. The zero-order chi connectivity index (χ0) is 14.5. The number of carbonyl (C=O) groups is 1. The third kappa shape index (κ3) is 2.76. The van der Waals surface area contributed by atoms with Crippen molar-refractivity contribution in [3.05, 3.63) is 24.3 Å². The Bertz CT molecular complexity index is 604. The first kappa shape index (κ1) is 14.4. The number of nitrogens with two attached hydrogens (primary N) is 1. The summed E-state index contributed by atoms with van der Waals surface area (Å²) in [7, 11) is 0. The molecule has 0 fully saturated rings. The third-order valence-corrected chi connectivity index (χ3v) is 3.34. The van der Waals surface area contributed by atoms with Crippen LogP contribution in [0.25, 0.3) is 11.0 Å². The number of ether oxygens (including phenoxy) is 1. The Morgan fingerprint density at radius 1 is 1.35 bits per heavy atom. The summed E-state index contributed by atoms with van der Waals surface area (Å²) in [4.78, 5) is 11.7. The molecule has 1 aromatic heterocycles. The lowest BCUT2D eigenvalue weighted by molar-refractivity contribution is -0.646. The Balaban J connectivity index is 2.42. The second-order valence-corrected chi connectivity index (χ2v) is 4.74. The fraction of sp³-hybridized carbons (Fsp3) is 0.467. The summed E-state index contributed by atoms with van der Waals surface area (Å²) in [6.07, 6.45) is 2.16. The maximum Gasteiger partial charge on any atom is 0.356 e. The van der Waals surface area contributed by atoms with Crippen LogP contribution in [0.5, 0.6) is 0 Å². The van der Waals surface area contributed by atoms with E-state index in [1.54, 1.807) is 6.92 Å². The molecule has 20 heavy (non-hydrogen) atoms. The highest BCUT2D eigenvalue weighted by Gasteiger charge is 2.22. The number of esters is 1. The maximum absolute atomic E-state index is 11.7. The van der Waals surface area contributed by atoms with Gasteiger partial charge in [-0.05, 0) is 25.5 Å². The van der Waals surface area contributed by atoms with Gasteiger partial charge in [-0.2, -0.15) is 0 Å². The summed E-state index contributed by atoms with van der Waals surface area (Å²) in [6, 6.07) is 7.95. The number of rotatable bonds is 6. The van der Waals surface area contributed by atoms with Crippen molar-refractivity contribution < 1.29 is 14.1 Å². The molecule has 0 aliphatic carbocycles. The second-order valence-electron chi connectivity index (χ2n) is 4.74. The van der Waals surface area contributed by atoms with Gasteiger partial charge in [-0.25, -0.2) is 13.9 Å². The number of nitrogens with zero attached hydrogens (tertiary/aromatic N) is 2. The smallest absolute Gasteiger partial charge is 0.356 e. The largest absolute Gasteiger partial charge is 0.464 e. The number of anilines is 1. The molecule has 1 heterocycles. The molecule has 2 aromatic rings. The van der Waals surface area contributed by atoms with E-state index in [0.29, 0.717) is 12.6 Å². The van der Waals surface area contributed by atoms with E-state index in [2.05, 4.69) is 11.5 Å². The van der Waals surface area contributed by atoms with Gasteiger partial charge in [0.15, 0.2) is 6.54 Å². The lowest BCUT2D eigenvalue weighted by Crippen LogP contribution is -2.41. The van der Waals surface area contributed by atoms with Gasteiger partial charge in [-0.1, -0.05) is 25.5 Å². The van der Waals surface area contributed by atoms with E-state index >= 15 is 0 Å². The fourth-order valence-electron chi connectivity index (χ4n) is 2.37. The van der Waals surface area contributed by atoms with Gasteiger partial charge in [-0.3, -0.25) is 5.73 Å². The first-order chi connectivity index (χ1) is 9.69. The number of carbonyl (C=O) groups excluding carboxylic acids is 1. The quantitative estimate of drug-likeness (QED) is 0.647. The fourth-order valence-corrected chi connectivity index (χ4v) is 2.37. The lowest BCUT2D eigenvalue weighted by Gasteiger charge is -2.02. The minimum Gasteiger partial charge on any atom is -0.464 e. The first-order valence-electron chi connectivity index (χ1n) is 7.11. The number of para-hydroxylation sites is 2. The predicted molar refractivity (Wildman–Crippen MR) is 78.1 cm³/mol. The van der Waals surface area contributed by atoms with Crippen molar-refractivity contribution in [3.8, 4) is 0 Å². The number of aryl methyl sites for hydroxylation is 1. The van der Waals surface area contributed by atoms with Crippen molar-refractivity contribution in [2.45, 2.75) is 39.8 Å². The van der Waals surface area contributed by atoms with E-state index in [-0.39, 0.29) is 12.5 Å². The molecule has 1 aromatic carbocycles. The predicted octanol–water partition coefficient (Wildman–Crippen LogP) is 1.87. The normalized spacial score (nSPS) is 10.9. The first-order valence-corrected chi connectivity index (χ1v) is 7.11. The number of nitrogen functional groups attached to an aromatic ring is 1. The molecule has 2 N–H and O–H groups in total. The van der Waals surface area contributed by atoms with Crippen molar-refractivity contribution in [1.82, 2.24) is 4.57 Å². The molecular weight excluding hydrogens is 254 g/mol. The second kappa shape index (κ2) is 6.41. The highest BCUT2D eigenvalue weighted by molar-refractivity contribution is 5.75. The number of imidazole rings is 1. The summed E-state index contributed by atoms with van der Waals surface area (Å²) in [5.41, 5.74) is 8.24. The van der Waals surface area contributed by atoms with E-state index in [4.69, 9.17) is 10.5 Å². The van der Waals surface area contributed by atoms with Crippen LogP contribution in [-0.2, 0) is 22.6 Å². The monoisotopic (exact) mass is 276 g/mol. The number of benzene rings is 1. The molecule has 0 bridgehead atoms. The summed E-state index contributed by atoms with van der Waals surface area (Å²) >= 11 is 0. The van der Waals surface area contributed by atoms with E-state index in [1.165, 1.54) is 0 Å². The zero-order valence-corrected chi connectivity index (χ0v) is 12.1. The molecule has 0 spiro atoms. The third-order valence-electron chi connectivity index (χ3n) is 3.34. The molecule has 0 aliphatic heterocycles. The lowest BCUT2D eigenvalue weighted by atomic mass is 10.3. The van der Waals surface area contributed by atoms with Gasteiger partial charge in [0.05, 0.1) is 13.2 Å². The molecule has 0 radical (unpaired) electrons. The SMILES string of the molecule is CCCCn1c(N)[n+](CC(=O)OCC)c2ccccc21. The maximum atomic E-state index is 11.7. The van der Waals surface area contributed by atoms with E-state index < -0.39 is 0 Å². The van der Waals surface area contributed by atoms with E-state index in [9.17, 15) is 4.79 Å². The van der Waals surface area contributed by atoms with Gasteiger partial charge < -0.3 is 4.74 Å². The number of aromatic nitrogens is 2. The van der Waals surface area contributed by atoms with Crippen LogP contribution in [0.3, 0.4) is 0 Å². The zero-order valence-electron chi connectivity index (χ0n) is 12.1. The molecular formula is C15H22N3O2+. The van der Waals surface area contributed by atoms with Crippen LogP contribution in [0.4, 0.5) is 5.95 Å². The van der Waals surface area contributed by atoms with Crippen molar-refractivity contribution in [2.75, 3.05) is 12.3 Å². The summed E-state index contributed by atoms with van der Waals surface area (Å²) in [5, 5.41) is 0. The van der Waals surface area contributed by atoms with Crippen LogP contribution < -0.4 is 10.3 Å². The van der Waals surface area contributed by atoms with Gasteiger partial charge in [0.25, 0.3) is 0 Å². The minimum atomic E-state index is -0.261. The average Bonchev–Trinajstić information content (AvgIpc) is 2.70. The van der Waals surface area contributed by atoms with Crippen LogP contribution in [0.1, 0.15) is 26.7 Å². The van der Waals surface area contributed by atoms with Gasteiger partial charge in [0.1, 0.15) is 11.0 Å². The highest BCUT2D eigenvalue weighted by Crippen LogP contribution is 2.16. The summed E-state index contributed by atoms with van der Waals surface area (Å²) in [5.74, 6) is 0.343. The molecule has 0 aliphatic rings. The van der Waals surface area contributed by atoms with Gasteiger partial charge in [0, 0.05) is 0 Å². The van der Waals surface area contributed by atoms with Crippen LogP contribution in [0.15, 0.2) is 24.3 Å². The van der Waals surface area contributed by atoms with Crippen LogP contribution in [-0.4, -0.2) is 17.1 Å². The molecule has 0 saturated heterocycles. The topological polar surface area (TPSA) is 61.1 Å². The molecule has 0 amide bonds. The van der Waals surface area contributed by atoms with E-state index in [0.717, 1.165) is 30.4 Å². The van der Waals surface area contributed by atoms with Crippen LogP contribution in [0.2, 0.25) is 0 Å². The van der Waals surface area contributed by atoms with Gasteiger partial charge in [0.2, 0.25) is 0 Å². The Labute approximate surface area is 118 Å². The van der Waals surface area contributed by atoms with Crippen LogP contribution >= 0.6 is 0 Å². The summed E-state index contributed by atoms with van der Waals surface area (Å²) in [6.45, 7) is 5.34. The number of fused-ring (bicyclic) bond motifs is 1. The average molecular weight is 276 g/mol. The van der Waals surface area contributed by atoms with Crippen molar-refractivity contribution in [3.63, 3.8) is 0 Å². The highest BCUT2D eigenvalue weighted by atomic mass is 16.5. The molecule has 108 valence electrons. The molecule has 0 atom stereocenters.